The summed E-state index contributed by atoms with van der Waals surface area (Å²) in [6, 6.07) is 6.07. The van der Waals surface area contributed by atoms with Crippen LogP contribution < -0.4 is 10.9 Å². The molecule has 1 fully saturated rings. The zero-order chi connectivity index (χ0) is 18.7. The van der Waals surface area contributed by atoms with E-state index in [1.54, 1.807) is 0 Å². The van der Waals surface area contributed by atoms with Gasteiger partial charge in [0.05, 0.1) is 12.2 Å². The monoisotopic (exact) mass is 361 g/mol. The van der Waals surface area contributed by atoms with E-state index in [1.165, 1.54) is 22.9 Å². The third-order valence-corrected chi connectivity index (χ3v) is 4.79. The van der Waals surface area contributed by atoms with Crippen molar-refractivity contribution in [3.63, 3.8) is 0 Å². The molecule has 26 heavy (non-hydrogen) atoms. The minimum absolute atomic E-state index is 0.0212. The Labute approximate surface area is 150 Å². The van der Waals surface area contributed by atoms with Crippen LogP contribution in [-0.2, 0) is 11.3 Å². The first-order valence-corrected chi connectivity index (χ1v) is 8.82. The number of hydrogen-bond donors (Lipinski definition) is 1. The average Bonchev–Trinajstić information content (AvgIpc) is 2.57. The van der Waals surface area contributed by atoms with Crippen LogP contribution in [0.5, 0.6) is 0 Å². The van der Waals surface area contributed by atoms with Gasteiger partial charge >= 0.3 is 0 Å². The quantitative estimate of drug-likeness (QED) is 0.860. The second kappa shape index (κ2) is 7.76. The first-order valence-electron chi connectivity index (χ1n) is 8.82. The minimum Gasteiger partial charge on any atom is -0.351 e. The molecule has 0 radical (unpaired) electrons. The molecule has 3 rings (SSSR count). The number of carbonyl (C=O) groups excluding carboxylic acids is 1. The van der Waals surface area contributed by atoms with Gasteiger partial charge in [0.1, 0.15) is 0 Å². The van der Waals surface area contributed by atoms with Crippen molar-refractivity contribution < 1.29 is 13.6 Å². The summed E-state index contributed by atoms with van der Waals surface area (Å²) in [6.07, 6.45) is 3.55. The highest BCUT2D eigenvalue weighted by Gasteiger charge is 2.26. The van der Waals surface area contributed by atoms with Crippen LogP contribution in [0.3, 0.4) is 0 Å². The van der Waals surface area contributed by atoms with Crippen molar-refractivity contribution in [2.24, 2.45) is 5.92 Å². The molecule has 1 aliphatic carbocycles. The van der Waals surface area contributed by atoms with Gasteiger partial charge in [-0.2, -0.15) is 5.10 Å². The van der Waals surface area contributed by atoms with Crippen molar-refractivity contribution in [3.8, 4) is 11.3 Å². The Morgan fingerprint density at radius 2 is 2.04 bits per heavy atom. The predicted molar refractivity (Wildman–Crippen MR) is 93.4 cm³/mol. The highest BCUT2D eigenvalue weighted by molar-refractivity contribution is 5.79. The number of aromatic nitrogens is 2. The van der Waals surface area contributed by atoms with Gasteiger partial charge in [-0.05, 0) is 43.5 Å². The van der Waals surface area contributed by atoms with Gasteiger partial charge in [0.25, 0.3) is 5.56 Å². The fourth-order valence-electron chi connectivity index (χ4n) is 2.86. The standard InChI is InChI=1S/C19H21F2N3O2/c1-2-14(22-19(26)12-4-3-5-12)11-24-18(25)9-8-17(23-24)13-6-7-15(20)16(21)10-13/h6-10,12,14H,2-5,11H2,1H3,(H,22,26)/t14-/m0/s1. The maximum absolute atomic E-state index is 13.4. The molecule has 5 nitrogen and oxygen atoms in total. The van der Waals surface area contributed by atoms with Crippen LogP contribution in [0.15, 0.2) is 35.1 Å². The summed E-state index contributed by atoms with van der Waals surface area (Å²) in [6.45, 7) is 2.15. The number of carbonyl (C=O) groups is 1. The van der Waals surface area contributed by atoms with Crippen LogP contribution in [0.4, 0.5) is 8.78 Å². The number of nitrogens with zero attached hydrogens (tertiary/aromatic N) is 2. The SMILES string of the molecule is CC[C@@H](Cn1nc(-c2ccc(F)c(F)c2)ccc1=O)NC(=O)C1CCC1. The molecule has 1 aromatic carbocycles. The fourth-order valence-corrected chi connectivity index (χ4v) is 2.86. The van der Waals surface area contributed by atoms with E-state index >= 15 is 0 Å². The lowest BCUT2D eigenvalue weighted by Crippen LogP contribution is -2.44. The van der Waals surface area contributed by atoms with Crippen molar-refractivity contribution >= 4 is 5.91 Å². The van der Waals surface area contributed by atoms with Crippen LogP contribution in [0.1, 0.15) is 32.6 Å². The van der Waals surface area contributed by atoms with Crippen molar-refractivity contribution in [1.29, 1.82) is 0 Å². The molecule has 0 unspecified atom stereocenters. The summed E-state index contributed by atoms with van der Waals surface area (Å²) in [5.41, 5.74) is 0.431. The molecule has 1 amide bonds. The Bertz CT molecular complexity index is 862. The molecule has 1 N–H and O–H groups in total. The Kier molecular flexibility index (Phi) is 5.44. The largest absolute Gasteiger partial charge is 0.351 e. The molecular weight excluding hydrogens is 340 g/mol. The zero-order valence-electron chi connectivity index (χ0n) is 14.5. The summed E-state index contributed by atoms with van der Waals surface area (Å²) >= 11 is 0. The molecule has 0 bridgehead atoms. The number of rotatable bonds is 6. The highest BCUT2D eigenvalue weighted by atomic mass is 19.2. The van der Waals surface area contributed by atoms with Gasteiger partial charge in [-0.1, -0.05) is 13.3 Å². The smallest absolute Gasteiger partial charge is 0.266 e. The molecule has 1 aliphatic rings. The van der Waals surface area contributed by atoms with Gasteiger partial charge in [0.15, 0.2) is 11.6 Å². The number of benzene rings is 1. The Balaban J connectivity index is 1.79. The lowest BCUT2D eigenvalue weighted by atomic mass is 9.84. The second-order valence-electron chi connectivity index (χ2n) is 6.61. The minimum atomic E-state index is -0.971. The van der Waals surface area contributed by atoms with E-state index < -0.39 is 11.6 Å². The zero-order valence-corrected chi connectivity index (χ0v) is 14.5. The molecule has 1 saturated carbocycles. The summed E-state index contributed by atoms with van der Waals surface area (Å²) in [5, 5.41) is 7.22. The summed E-state index contributed by atoms with van der Waals surface area (Å²) in [7, 11) is 0. The number of hydrogen-bond acceptors (Lipinski definition) is 3. The number of nitrogens with one attached hydrogen (secondary N) is 1. The molecule has 1 atom stereocenters. The van der Waals surface area contributed by atoms with Crippen LogP contribution in [-0.4, -0.2) is 21.7 Å². The van der Waals surface area contributed by atoms with Gasteiger partial charge < -0.3 is 5.32 Å². The lowest BCUT2D eigenvalue weighted by Gasteiger charge is -2.27. The van der Waals surface area contributed by atoms with Crippen LogP contribution >= 0.6 is 0 Å². The fraction of sp³-hybridized carbons (Fsp3) is 0.421. The van der Waals surface area contributed by atoms with Crippen LogP contribution in [0.25, 0.3) is 11.3 Å². The van der Waals surface area contributed by atoms with Crippen molar-refractivity contribution in [3.05, 3.63) is 52.3 Å². The summed E-state index contributed by atoms with van der Waals surface area (Å²) in [4.78, 5) is 24.2. The maximum Gasteiger partial charge on any atom is 0.266 e. The number of halogens is 2. The van der Waals surface area contributed by atoms with Crippen LogP contribution in [0, 0.1) is 17.6 Å². The van der Waals surface area contributed by atoms with Crippen molar-refractivity contribution in [1.82, 2.24) is 15.1 Å². The van der Waals surface area contributed by atoms with Crippen molar-refractivity contribution in [2.75, 3.05) is 0 Å². The molecule has 1 aromatic heterocycles. The highest BCUT2D eigenvalue weighted by Crippen LogP contribution is 2.26. The van der Waals surface area contributed by atoms with E-state index in [0.29, 0.717) is 17.7 Å². The van der Waals surface area contributed by atoms with Crippen molar-refractivity contribution in [2.45, 2.75) is 45.2 Å². The van der Waals surface area contributed by atoms with Gasteiger partial charge in [0, 0.05) is 23.6 Å². The van der Waals surface area contributed by atoms with Gasteiger partial charge in [-0.15, -0.1) is 0 Å². The van der Waals surface area contributed by atoms with E-state index in [-0.39, 0.29) is 30.0 Å². The average molecular weight is 361 g/mol. The topological polar surface area (TPSA) is 64.0 Å². The second-order valence-corrected chi connectivity index (χ2v) is 6.61. The summed E-state index contributed by atoms with van der Waals surface area (Å²) < 4.78 is 27.8. The first kappa shape index (κ1) is 18.2. The van der Waals surface area contributed by atoms with E-state index in [4.69, 9.17) is 0 Å². The van der Waals surface area contributed by atoms with Gasteiger partial charge in [-0.25, -0.2) is 13.5 Å². The lowest BCUT2D eigenvalue weighted by molar-refractivity contribution is -0.128. The van der Waals surface area contributed by atoms with E-state index in [9.17, 15) is 18.4 Å². The van der Waals surface area contributed by atoms with Gasteiger partial charge in [-0.3, -0.25) is 9.59 Å². The van der Waals surface area contributed by atoms with Crippen LogP contribution in [0.2, 0.25) is 0 Å². The third kappa shape index (κ3) is 3.98. The molecule has 7 heteroatoms. The normalized spacial score (nSPS) is 15.3. The Hall–Kier alpha value is -2.57. The molecule has 0 saturated heterocycles. The molecule has 1 heterocycles. The Morgan fingerprint density at radius 3 is 2.65 bits per heavy atom. The van der Waals surface area contributed by atoms with E-state index in [0.717, 1.165) is 31.4 Å². The third-order valence-electron chi connectivity index (χ3n) is 4.79. The van der Waals surface area contributed by atoms with E-state index in [2.05, 4.69) is 10.4 Å². The molecular formula is C19H21F2N3O2. The number of amides is 1. The van der Waals surface area contributed by atoms with Gasteiger partial charge in [0.2, 0.25) is 5.91 Å². The molecule has 0 aliphatic heterocycles. The summed E-state index contributed by atoms with van der Waals surface area (Å²) in [5.74, 6) is -1.82. The first-order chi connectivity index (χ1) is 12.5. The molecule has 0 spiro atoms. The maximum atomic E-state index is 13.4. The Morgan fingerprint density at radius 1 is 1.27 bits per heavy atom. The molecule has 138 valence electrons. The van der Waals surface area contributed by atoms with E-state index in [1.807, 2.05) is 6.92 Å². The molecule has 2 aromatic rings. The predicted octanol–water partition coefficient (Wildman–Crippen LogP) is 2.88.